The lowest BCUT2D eigenvalue weighted by Gasteiger charge is -2.40. The largest absolute Gasteiger partial charge is 0.329 e. The van der Waals surface area contributed by atoms with Gasteiger partial charge in [-0.05, 0) is 31.0 Å². The van der Waals surface area contributed by atoms with Gasteiger partial charge in [-0.1, -0.05) is 20.8 Å². The summed E-state index contributed by atoms with van der Waals surface area (Å²) in [7, 11) is -4.16. The highest BCUT2D eigenvalue weighted by Crippen LogP contribution is 2.30. The molecule has 0 radical (unpaired) electrons. The van der Waals surface area contributed by atoms with E-state index < -0.39 is 32.1 Å². The van der Waals surface area contributed by atoms with Gasteiger partial charge >= 0.3 is 0 Å². The topological polar surface area (TPSA) is 63.4 Å². The van der Waals surface area contributed by atoms with E-state index in [1.165, 1.54) is 4.31 Å². The van der Waals surface area contributed by atoms with Gasteiger partial charge in [0.2, 0.25) is 10.0 Å². The van der Waals surface area contributed by atoms with Gasteiger partial charge in [0.15, 0.2) is 0 Å². The maximum Gasteiger partial charge on any atom is 0.246 e. The molecule has 0 fully saturated rings. The maximum atomic E-state index is 13.9. The van der Waals surface area contributed by atoms with Crippen LogP contribution in [0.5, 0.6) is 0 Å². The highest BCUT2D eigenvalue weighted by atomic mass is 32.2. The van der Waals surface area contributed by atoms with Crippen molar-refractivity contribution < 1.29 is 17.2 Å². The molecule has 0 heterocycles. The predicted molar refractivity (Wildman–Crippen MR) is 78.3 cm³/mol. The van der Waals surface area contributed by atoms with Crippen molar-refractivity contribution >= 4 is 10.0 Å². The molecule has 1 rings (SSSR count). The highest BCUT2D eigenvalue weighted by molar-refractivity contribution is 7.89. The second kappa shape index (κ2) is 6.81. The van der Waals surface area contributed by atoms with Gasteiger partial charge in [-0.2, -0.15) is 4.31 Å². The van der Waals surface area contributed by atoms with Crippen molar-refractivity contribution in [1.29, 1.82) is 0 Å². The Hall–Kier alpha value is -1.05. The van der Waals surface area contributed by atoms with Crippen molar-refractivity contribution in [2.45, 2.75) is 44.0 Å². The molecule has 21 heavy (non-hydrogen) atoms. The van der Waals surface area contributed by atoms with E-state index in [0.29, 0.717) is 18.9 Å². The van der Waals surface area contributed by atoms with Crippen LogP contribution in [0.4, 0.5) is 8.78 Å². The summed E-state index contributed by atoms with van der Waals surface area (Å²) < 4.78 is 53.8. The zero-order valence-corrected chi connectivity index (χ0v) is 13.4. The Morgan fingerprint density at radius 1 is 1.19 bits per heavy atom. The number of hydrogen-bond acceptors (Lipinski definition) is 3. The van der Waals surface area contributed by atoms with Gasteiger partial charge < -0.3 is 5.73 Å². The molecule has 4 nitrogen and oxygen atoms in total. The molecular weight excluding hydrogens is 298 g/mol. The summed E-state index contributed by atoms with van der Waals surface area (Å²) in [5, 5.41) is 0. The molecule has 0 amide bonds. The first-order chi connectivity index (χ1) is 9.78. The summed E-state index contributed by atoms with van der Waals surface area (Å²) in [4.78, 5) is -0.649. The van der Waals surface area contributed by atoms with Crippen LogP contribution < -0.4 is 5.73 Å². The first-order valence-corrected chi connectivity index (χ1v) is 8.41. The molecule has 0 atom stereocenters. The molecule has 1 aromatic rings. The minimum atomic E-state index is -4.16. The van der Waals surface area contributed by atoms with Crippen LogP contribution in [0.1, 0.15) is 33.6 Å². The van der Waals surface area contributed by atoms with Crippen LogP contribution in [-0.4, -0.2) is 31.4 Å². The summed E-state index contributed by atoms with van der Waals surface area (Å²) in [6, 6.07) is 2.42. The molecule has 0 saturated carbocycles. The third kappa shape index (κ3) is 3.25. The van der Waals surface area contributed by atoms with E-state index in [2.05, 4.69) is 0 Å². The average Bonchev–Trinajstić information content (AvgIpc) is 2.47. The molecule has 0 spiro atoms. The third-order valence-corrected chi connectivity index (χ3v) is 6.07. The summed E-state index contributed by atoms with van der Waals surface area (Å²) >= 11 is 0. The lowest BCUT2D eigenvalue weighted by Crippen LogP contribution is -2.55. The van der Waals surface area contributed by atoms with Crippen molar-refractivity contribution in [1.82, 2.24) is 4.31 Å². The van der Waals surface area contributed by atoms with Crippen LogP contribution in [0.3, 0.4) is 0 Å². The standard InChI is InChI=1S/C14H22F2N2O2S/c1-4-14(5-2,10-17)18(6-3)21(19,20)13-9-11(15)7-8-12(13)16/h7-9H,4-6,10,17H2,1-3H3. The number of likely N-dealkylation sites (N-methyl/N-ethyl adjacent to an activating group) is 1. The number of benzene rings is 1. The lowest BCUT2D eigenvalue weighted by molar-refractivity contribution is 0.184. The van der Waals surface area contributed by atoms with E-state index in [1.807, 2.05) is 13.8 Å². The van der Waals surface area contributed by atoms with Gasteiger partial charge in [0.1, 0.15) is 16.5 Å². The molecule has 0 aromatic heterocycles. The molecule has 0 saturated heterocycles. The average molecular weight is 320 g/mol. The van der Waals surface area contributed by atoms with Crippen molar-refractivity contribution in [2.24, 2.45) is 5.73 Å². The van der Waals surface area contributed by atoms with E-state index in [4.69, 9.17) is 5.73 Å². The molecule has 0 bridgehead atoms. The molecule has 120 valence electrons. The fraction of sp³-hybridized carbons (Fsp3) is 0.571. The first kappa shape index (κ1) is 18.0. The number of nitrogens with zero attached hydrogens (tertiary/aromatic N) is 1. The number of rotatable bonds is 7. The zero-order chi connectivity index (χ0) is 16.3. The van der Waals surface area contributed by atoms with E-state index in [9.17, 15) is 17.2 Å². The molecule has 0 aliphatic heterocycles. The Bertz CT molecular complexity index is 578. The minimum absolute atomic E-state index is 0.115. The SMILES string of the molecule is CCN(C(CC)(CC)CN)S(=O)(=O)c1cc(F)ccc1F. The Balaban J connectivity index is 3.48. The lowest BCUT2D eigenvalue weighted by atomic mass is 9.93. The number of halogens is 2. The molecule has 0 aliphatic rings. The summed E-state index contributed by atoms with van der Waals surface area (Å²) in [5.74, 6) is -1.76. The number of hydrogen-bond donors (Lipinski definition) is 1. The van der Waals surface area contributed by atoms with Gasteiger partial charge in [-0.3, -0.25) is 0 Å². The van der Waals surface area contributed by atoms with Crippen LogP contribution in [0, 0.1) is 11.6 Å². The van der Waals surface area contributed by atoms with Crippen molar-refractivity contribution in [3.63, 3.8) is 0 Å². The molecular formula is C14H22F2N2O2S. The van der Waals surface area contributed by atoms with E-state index in [1.54, 1.807) is 6.92 Å². The molecule has 0 aliphatic carbocycles. The highest BCUT2D eigenvalue weighted by Gasteiger charge is 2.40. The summed E-state index contributed by atoms with van der Waals surface area (Å²) in [6.07, 6.45) is 0.980. The number of sulfonamides is 1. The first-order valence-electron chi connectivity index (χ1n) is 6.97. The molecule has 1 aromatic carbocycles. The smallest absolute Gasteiger partial charge is 0.246 e. The van der Waals surface area contributed by atoms with Crippen LogP contribution in [0.25, 0.3) is 0 Å². The van der Waals surface area contributed by atoms with E-state index in [-0.39, 0.29) is 13.1 Å². The Kier molecular flexibility index (Phi) is 5.83. The molecule has 7 heteroatoms. The van der Waals surface area contributed by atoms with Gasteiger partial charge in [0.25, 0.3) is 0 Å². The van der Waals surface area contributed by atoms with Gasteiger partial charge in [0.05, 0.1) is 0 Å². The zero-order valence-electron chi connectivity index (χ0n) is 12.6. The van der Waals surface area contributed by atoms with E-state index in [0.717, 1.165) is 12.1 Å². The van der Waals surface area contributed by atoms with Gasteiger partial charge in [-0.25, -0.2) is 17.2 Å². The van der Waals surface area contributed by atoms with Crippen molar-refractivity contribution in [3.05, 3.63) is 29.8 Å². The number of nitrogens with two attached hydrogens (primary N) is 1. The fourth-order valence-corrected chi connectivity index (χ4v) is 4.54. The second-order valence-electron chi connectivity index (χ2n) is 4.88. The minimum Gasteiger partial charge on any atom is -0.329 e. The summed E-state index contributed by atoms with van der Waals surface area (Å²) in [5.41, 5.74) is 4.97. The van der Waals surface area contributed by atoms with Gasteiger partial charge in [-0.15, -0.1) is 0 Å². The van der Waals surface area contributed by atoms with E-state index >= 15 is 0 Å². The molecule has 0 unspecified atom stereocenters. The van der Waals surface area contributed by atoms with Crippen molar-refractivity contribution in [2.75, 3.05) is 13.1 Å². The van der Waals surface area contributed by atoms with Crippen LogP contribution in [0.2, 0.25) is 0 Å². The molecule has 2 N–H and O–H groups in total. The van der Waals surface area contributed by atoms with Crippen LogP contribution in [-0.2, 0) is 10.0 Å². The van der Waals surface area contributed by atoms with Crippen LogP contribution in [0.15, 0.2) is 23.1 Å². The van der Waals surface area contributed by atoms with Gasteiger partial charge in [0, 0.05) is 18.6 Å². The second-order valence-corrected chi connectivity index (χ2v) is 6.71. The van der Waals surface area contributed by atoms with Crippen molar-refractivity contribution in [3.8, 4) is 0 Å². The Labute approximate surface area is 125 Å². The predicted octanol–water partition coefficient (Wildman–Crippen LogP) is 2.49. The normalized spacial score (nSPS) is 12.9. The third-order valence-electron chi connectivity index (χ3n) is 3.97. The fourth-order valence-electron chi connectivity index (χ4n) is 2.55. The monoisotopic (exact) mass is 320 g/mol. The Morgan fingerprint density at radius 3 is 2.19 bits per heavy atom. The Morgan fingerprint density at radius 2 is 1.76 bits per heavy atom. The van der Waals surface area contributed by atoms with Crippen LogP contribution >= 0.6 is 0 Å². The summed E-state index contributed by atoms with van der Waals surface area (Å²) in [6.45, 7) is 5.57. The quantitative estimate of drug-likeness (QED) is 0.839. The maximum absolute atomic E-state index is 13.9.